The SMILES string of the molecule is Cc1ncc(C(=O)NCCc2ccc(S(N)(=O)=O)cc2)o1. The fraction of sp³-hybridized carbons (Fsp3) is 0.231. The zero-order valence-corrected chi connectivity index (χ0v) is 12.2. The van der Waals surface area contributed by atoms with E-state index in [1.165, 1.54) is 18.3 Å². The average Bonchev–Trinajstić information content (AvgIpc) is 2.85. The van der Waals surface area contributed by atoms with E-state index in [1.54, 1.807) is 19.1 Å². The van der Waals surface area contributed by atoms with E-state index in [4.69, 9.17) is 9.56 Å². The molecule has 1 heterocycles. The number of nitrogens with one attached hydrogen (secondary N) is 1. The molecule has 0 atom stereocenters. The molecule has 21 heavy (non-hydrogen) atoms. The van der Waals surface area contributed by atoms with Crippen LogP contribution in [0, 0.1) is 6.92 Å². The van der Waals surface area contributed by atoms with Crippen molar-refractivity contribution >= 4 is 15.9 Å². The minimum absolute atomic E-state index is 0.0624. The van der Waals surface area contributed by atoms with Crippen molar-refractivity contribution < 1.29 is 17.6 Å². The van der Waals surface area contributed by atoms with E-state index in [2.05, 4.69) is 10.3 Å². The number of nitrogens with zero attached hydrogens (tertiary/aromatic N) is 1. The molecule has 0 bridgehead atoms. The number of oxazole rings is 1. The van der Waals surface area contributed by atoms with Crippen molar-refractivity contribution in [3.8, 4) is 0 Å². The molecule has 1 aromatic heterocycles. The maximum atomic E-state index is 11.7. The minimum Gasteiger partial charge on any atom is -0.436 e. The smallest absolute Gasteiger partial charge is 0.288 e. The van der Waals surface area contributed by atoms with Gasteiger partial charge in [0, 0.05) is 13.5 Å². The summed E-state index contributed by atoms with van der Waals surface area (Å²) in [5.74, 6) is 0.257. The molecular weight excluding hydrogens is 294 g/mol. The number of nitrogens with two attached hydrogens (primary N) is 1. The second-order valence-corrected chi connectivity index (χ2v) is 6.00. The molecule has 1 amide bonds. The number of primary sulfonamides is 1. The van der Waals surface area contributed by atoms with Crippen LogP contribution in [0.5, 0.6) is 0 Å². The summed E-state index contributed by atoms with van der Waals surface area (Å²) in [5.41, 5.74) is 0.886. The Morgan fingerprint density at radius 2 is 2.00 bits per heavy atom. The van der Waals surface area contributed by atoms with E-state index >= 15 is 0 Å². The van der Waals surface area contributed by atoms with Crippen LogP contribution in [-0.2, 0) is 16.4 Å². The zero-order chi connectivity index (χ0) is 15.5. The lowest BCUT2D eigenvalue weighted by atomic mass is 10.1. The molecular formula is C13H15N3O4S. The Bertz CT molecular complexity index is 735. The number of amides is 1. The van der Waals surface area contributed by atoms with Gasteiger partial charge in [0.25, 0.3) is 5.91 Å². The third-order valence-electron chi connectivity index (χ3n) is 2.80. The second kappa shape index (κ2) is 6.06. The summed E-state index contributed by atoms with van der Waals surface area (Å²) >= 11 is 0. The number of aromatic nitrogens is 1. The lowest BCUT2D eigenvalue weighted by molar-refractivity contribution is 0.0925. The van der Waals surface area contributed by atoms with Crippen molar-refractivity contribution in [1.29, 1.82) is 0 Å². The highest BCUT2D eigenvalue weighted by atomic mass is 32.2. The fourth-order valence-electron chi connectivity index (χ4n) is 1.72. The Morgan fingerprint density at radius 3 is 2.52 bits per heavy atom. The van der Waals surface area contributed by atoms with Crippen molar-refractivity contribution in [3.63, 3.8) is 0 Å². The van der Waals surface area contributed by atoms with Gasteiger partial charge in [0.15, 0.2) is 5.89 Å². The summed E-state index contributed by atoms with van der Waals surface area (Å²) in [4.78, 5) is 15.6. The molecule has 0 saturated carbocycles. The fourth-order valence-corrected chi connectivity index (χ4v) is 2.24. The normalized spacial score (nSPS) is 11.3. The molecule has 0 aliphatic rings. The summed E-state index contributed by atoms with van der Waals surface area (Å²) in [6.45, 7) is 2.05. The number of carbonyl (C=O) groups is 1. The van der Waals surface area contributed by atoms with E-state index in [0.717, 1.165) is 5.56 Å². The average molecular weight is 309 g/mol. The first-order valence-corrected chi connectivity index (χ1v) is 7.73. The summed E-state index contributed by atoms with van der Waals surface area (Å²) in [6, 6.07) is 6.19. The molecule has 1 aromatic carbocycles. The maximum absolute atomic E-state index is 11.7. The Morgan fingerprint density at radius 1 is 1.33 bits per heavy atom. The molecule has 8 heteroatoms. The van der Waals surface area contributed by atoms with Crippen LogP contribution in [0.1, 0.15) is 22.0 Å². The van der Waals surface area contributed by atoms with Gasteiger partial charge in [0.2, 0.25) is 15.8 Å². The van der Waals surface area contributed by atoms with Gasteiger partial charge in [-0.3, -0.25) is 4.79 Å². The van der Waals surface area contributed by atoms with E-state index in [9.17, 15) is 13.2 Å². The Kier molecular flexibility index (Phi) is 4.39. The summed E-state index contributed by atoms with van der Waals surface area (Å²) in [6.07, 6.45) is 1.93. The number of hydrogen-bond donors (Lipinski definition) is 2. The van der Waals surface area contributed by atoms with Crippen molar-refractivity contribution in [2.75, 3.05) is 6.54 Å². The summed E-state index contributed by atoms with van der Waals surface area (Å²) in [7, 11) is -3.68. The van der Waals surface area contributed by atoms with Crippen molar-refractivity contribution in [2.45, 2.75) is 18.2 Å². The standard InChI is InChI=1S/C13H15N3O4S/c1-9-16-8-12(20-9)13(17)15-7-6-10-2-4-11(5-3-10)21(14,18)19/h2-5,8H,6-7H2,1H3,(H,15,17)(H2,14,18,19). The third kappa shape index (κ3) is 4.14. The molecule has 112 valence electrons. The molecule has 2 aromatic rings. The van der Waals surface area contributed by atoms with Crippen LogP contribution in [0.15, 0.2) is 39.8 Å². The van der Waals surface area contributed by atoms with Gasteiger partial charge in [0.1, 0.15) is 0 Å². The first kappa shape index (κ1) is 15.2. The third-order valence-corrected chi connectivity index (χ3v) is 3.73. The van der Waals surface area contributed by atoms with E-state index < -0.39 is 10.0 Å². The van der Waals surface area contributed by atoms with Gasteiger partial charge in [-0.2, -0.15) is 0 Å². The summed E-state index contributed by atoms with van der Waals surface area (Å²) in [5, 5.41) is 7.70. The lowest BCUT2D eigenvalue weighted by Crippen LogP contribution is -2.25. The Balaban J connectivity index is 1.88. The van der Waals surface area contributed by atoms with Gasteiger partial charge in [-0.1, -0.05) is 12.1 Å². The first-order chi connectivity index (χ1) is 9.86. The molecule has 0 radical (unpaired) electrons. The Labute approximate surface area is 122 Å². The molecule has 3 N–H and O–H groups in total. The molecule has 0 spiro atoms. The van der Waals surface area contributed by atoms with Crippen LogP contribution in [-0.4, -0.2) is 25.9 Å². The van der Waals surface area contributed by atoms with Crippen LogP contribution in [0.25, 0.3) is 0 Å². The number of carbonyl (C=O) groups excluding carboxylic acids is 1. The highest BCUT2D eigenvalue weighted by molar-refractivity contribution is 7.89. The monoisotopic (exact) mass is 309 g/mol. The predicted octanol–water partition coefficient (Wildman–Crippen LogP) is 0.603. The van der Waals surface area contributed by atoms with E-state index in [1.807, 2.05) is 0 Å². The first-order valence-electron chi connectivity index (χ1n) is 6.18. The summed E-state index contributed by atoms with van der Waals surface area (Å²) < 4.78 is 27.3. The van der Waals surface area contributed by atoms with Crippen LogP contribution in [0.2, 0.25) is 0 Å². The van der Waals surface area contributed by atoms with Gasteiger partial charge < -0.3 is 9.73 Å². The maximum Gasteiger partial charge on any atom is 0.288 e. The largest absolute Gasteiger partial charge is 0.436 e. The molecule has 0 fully saturated rings. The molecule has 2 rings (SSSR count). The molecule has 7 nitrogen and oxygen atoms in total. The van der Waals surface area contributed by atoms with Crippen molar-refractivity contribution in [2.24, 2.45) is 5.14 Å². The molecule has 0 unspecified atom stereocenters. The lowest BCUT2D eigenvalue weighted by Gasteiger charge is -2.04. The van der Waals surface area contributed by atoms with Crippen LogP contribution < -0.4 is 10.5 Å². The number of aryl methyl sites for hydroxylation is 1. The second-order valence-electron chi connectivity index (χ2n) is 4.44. The highest BCUT2D eigenvalue weighted by Gasteiger charge is 2.10. The van der Waals surface area contributed by atoms with E-state index in [-0.39, 0.29) is 16.6 Å². The zero-order valence-electron chi connectivity index (χ0n) is 11.4. The number of sulfonamides is 1. The van der Waals surface area contributed by atoms with Gasteiger partial charge in [-0.25, -0.2) is 18.5 Å². The molecule has 0 saturated heterocycles. The van der Waals surface area contributed by atoms with Gasteiger partial charge in [-0.15, -0.1) is 0 Å². The quantitative estimate of drug-likeness (QED) is 0.839. The van der Waals surface area contributed by atoms with Crippen molar-refractivity contribution in [1.82, 2.24) is 10.3 Å². The number of benzene rings is 1. The topological polar surface area (TPSA) is 115 Å². The van der Waals surface area contributed by atoms with Gasteiger partial charge >= 0.3 is 0 Å². The van der Waals surface area contributed by atoms with Crippen LogP contribution in [0.4, 0.5) is 0 Å². The predicted molar refractivity (Wildman–Crippen MR) is 75.1 cm³/mol. The van der Waals surface area contributed by atoms with Crippen molar-refractivity contribution in [3.05, 3.63) is 47.7 Å². The van der Waals surface area contributed by atoms with Gasteiger partial charge in [-0.05, 0) is 24.1 Å². The molecule has 0 aliphatic heterocycles. The molecule has 0 aliphatic carbocycles. The number of hydrogen-bond acceptors (Lipinski definition) is 5. The minimum atomic E-state index is -3.68. The highest BCUT2D eigenvalue weighted by Crippen LogP contribution is 2.09. The van der Waals surface area contributed by atoms with Gasteiger partial charge in [0.05, 0.1) is 11.1 Å². The number of rotatable bonds is 5. The van der Waals surface area contributed by atoms with Crippen LogP contribution >= 0.6 is 0 Å². The van der Waals surface area contributed by atoms with Crippen LogP contribution in [0.3, 0.4) is 0 Å². The van der Waals surface area contributed by atoms with E-state index in [0.29, 0.717) is 18.9 Å². The Hall–Kier alpha value is -2.19.